The van der Waals surface area contributed by atoms with Crippen LogP contribution in [0, 0.1) is 11.7 Å². The molecule has 1 amide bonds. The van der Waals surface area contributed by atoms with Gasteiger partial charge in [0.05, 0.1) is 12.3 Å². The molecule has 1 saturated heterocycles. The standard InChI is InChI=1S/C22H27FN2O3S/c1-29(27,28)24-21(19-7-9-20(23)10-8-19)16-22(26)25-13-11-18(12-14-25)15-17-5-3-2-4-6-17/h2-10,18,21,24H,11-16H2,1H3/t21-/m0/s1. The molecule has 1 aliphatic rings. The van der Waals surface area contributed by atoms with Crippen LogP contribution in [0.15, 0.2) is 54.6 Å². The summed E-state index contributed by atoms with van der Waals surface area (Å²) in [5.41, 5.74) is 1.88. The van der Waals surface area contributed by atoms with E-state index in [1.165, 1.54) is 29.8 Å². The zero-order valence-electron chi connectivity index (χ0n) is 16.6. The fraction of sp³-hybridized carbons (Fsp3) is 0.409. The highest BCUT2D eigenvalue weighted by atomic mass is 32.2. The Balaban J connectivity index is 1.59. The van der Waals surface area contributed by atoms with Gasteiger partial charge in [-0.2, -0.15) is 0 Å². The molecule has 2 aromatic carbocycles. The number of rotatable bonds is 7. The van der Waals surface area contributed by atoms with Crippen molar-refractivity contribution in [2.45, 2.75) is 31.7 Å². The van der Waals surface area contributed by atoms with Crippen LogP contribution in [0.3, 0.4) is 0 Å². The fourth-order valence-corrected chi connectivity index (χ4v) is 4.55. The third-order valence-electron chi connectivity index (χ3n) is 5.34. The number of piperidine rings is 1. The fourth-order valence-electron chi connectivity index (χ4n) is 3.82. The quantitative estimate of drug-likeness (QED) is 0.750. The monoisotopic (exact) mass is 418 g/mol. The summed E-state index contributed by atoms with van der Waals surface area (Å²) in [6.07, 6.45) is 3.95. The first-order valence-corrected chi connectivity index (χ1v) is 11.7. The van der Waals surface area contributed by atoms with Gasteiger partial charge in [-0.15, -0.1) is 0 Å². The summed E-state index contributed by atoms with van der Waals surface area (Å²) >= 11 is 0. The highest BCUT2D eigenvalue weighted by Crippen LogP contribution is 2.24. The van der Waals surface area contributed by atoms with Gasteiger partial charge in [0.15, 0.2) is 0 Å². The molecule has 1 heterocycles. The van der Waals surface area contributed by atoms with E-state index in [2.05, 4.69) is 16.9 Å². The van der Waals surface area contributed by atoms with Crippen LogP contribution >= 0.6 is 0 Å². The molecular formula is C22H27FN2O3S. The molecule has 29 heavy (non-hydrogen) atoms. The Hall–Kier alpha value is -2.25. The maximum absolute atomic E-state index is 13.2. The van der Waals surface area contributed by atoms with E-state index in [-0.39, 0.29) is 12.3 Å². The molecule has 0 spiro atoms. The van der Waals surface area contributed by atoms with Crippen LogP contribution in [-0.2, 0) is 21.2 Å². The van der Waals surface area contributed by atoms with Crippen LogP contribution in [0.5, 0.6) is 0 Å². The maximum Gasteiger partial charge on any atom is 0.224 e. The second-order valence-electron chi connectivity index (χ2n) is 7.71. The van der Waals surface area contributed by atoms with Gasteiger partial charge in [-0.3, -0.25) is 4.79 Å². The number of nitrogens with zero attached hydrogens (tertiary/aromatic N) is 1. The number of carbonyl (C=O) groups is 1. The molecule has 0 radical (unpaired) electrons. The van der Waals surface area contributed by atoms with Gasteiger partial charge in [-0.25, -0.2) is 17.5 Å². The first-order chi connectivity index (χ1) is 13.8. The van der Waals surface area contributed by atoms with E-state index in [4.69, 9.17) is 0 Å². The molecule has 0 bridgehead atoms. The Morgan fingerprint density at radius 3 is 2.31 bits per heavy atom. The summed E-state index contributed by atoms with van der Waals surface area (Å²) in [5, 5.41) is 0. The van der Waals surface area contributed by atoms with Gasteiger partial charge in [0.25, 0.3) is 0 Å². The number of benzene rings is 2. The largest absolute Gasteiger partial charge is 0.343 e. The number of nitrogens with one attached hydrogen (secondary N) is 1. The predicted molar refractivity (Wildman–Crippen MR) is 111 cm³/mol. The van der Waals surface area contributed by atoms with E-state index in [0.717, 1.165) is 25.5 Å². The summed E-state index contributed by atoms with van der Waals surface area (Å²) in [6.45, 7) is 1.34. The number of hydrogen-bond acceptors (Lipinski definition) is 3. The minimum atomic E-state index is -3.52. The summed E-state index contributed by atoms with van der Waals surface area (Å²) in [4.78, 5) is 14.6. The molecular weight excluding hydrogens is 391 g/mol. The first kappa shape index (κ1) is 21.5. The van der Waals surface area contributed by atoms with Gasteiger partial charge in [0.2, 0.25) is 15.9 Å². The molecule has 0 aromatic heterocycles. The van der Waals surface area contributed by atoms with Gasteiger partial charge < -0.3 is 4.90 Å². The topological polar surface area (TPSA) is 66.5 Å². The lowest BCUT2D eigenvalue weighted by atomic mass is 9.90. The Morgan fingerprint density at radius 2 is 1.72 bits per heavy atom. The molecule has 0 saturated carbocycles. The minimum Gasteiger partial charge on any atom is -0.343 e. The lowest BCUT2D eigenvalue weighted by Gasteiger charge is -2.33. The summed E-state index contributed by atoms with van der Waals surface area (Å²) in [7, 11) is -3.52. The van der Waals surface area contributed by atoms with Gasteiger partial charge in [-0.1, -0.05) is 42.5 Å². The maximum atomic E-state index is 13.2. The molecule has 0 unspecified atom stereocenters. The Morgan fingerprint density at radius 1 is 1.10 bits per heavy atom. The van der Waals surface area contributed by atoms with E-state index in [1.807, 2.05) is 23.1 Å². The molecule has 1 fully saturated rings. The van der Waals surface area contributed by atoms with Crippen LogP contribution in [0.1, 0.15) is 36.4 Å². The second kappa shape index (κ2) is 9.50. The van der Waals surface area contributed by atoms with Gasteiger partial charge in [-0.05, 0) is 48.4 Å². The summed E-state index contributed by atoms with van der Waals surface area (Å²) in [5.74, 6) is 0.0517. The average molecular weight is 419 g/mol. The smallest absolute Gasteiger partial charge is 0.224 e. The first-order valence-electron chi connectivity index (χ1n) is 9.84. The Bertz CT molecular complexity index is 909. The van der Waals surface area contributed by atoms with Crippen LogP contribution in [0.4, 0.5) is 4.39 Å². The number of halogens is 1. The Kier molecular flexibility index (Phi) is 7.03. The highest BCUT2D eigenvalue weighted by molar-refractivity contribution is 7.88. The lowest BCUT2D eigenvalue weighted by molar-refractivity contribution is -0.133. The van der Waals surface area contributed by atoms with Crippen molar-refractivity contribution >= 4 is 15.9 Å². The number of carbonyl (C=O) groups excluding carboxylic acids is 1. The molecule has 7 heteroatoms. The van der Waals surface area contributed by atoms with Crippen molar-refractivity contribution in [3.63, 3.8) is 0 Å². The molecule has 1 atom stereocenters. The normalized spacial score (nSPS) is 16.6. The molecule has 0 aliphatic carbocycles. The van der Waals surface area contributed by atoms with E-state index < -0.39 is 21.9 Å². The van der Waals surface area contributed by atoms with Crippen molar-refractivity contribution in [2.24, 2.45) is 5.92 Å². The highest BCUT2D eigenvalue weighted by Gasteiger charge is 2.26. The van der Waals surface area contributed by atoms with E-state index in [1.54, 1.807) is 0 Å². The van der Waals surface area contributed by atoms with Gasteiger partial charge in [0, 0.05) is 19.5 Å². The third kappa shape index (κ3) is 6.65. The Labute approximate surface area is 172 Å². The van der Waals surface area contributed by atoms with Crippen LogP contribution in [-0.4, -0.2) is 38.6 Å². The van der Waals surface area contributed by atoms with Crippen LogP contribution in [0.2, 0.25) is 0 Å². The van der Waals surface area contributed by atoms with Gasteiger partial charge >= 0.3 is 0 Å². The molecule has 5 nitrogen and oxygen atoms in total. The van der Waals surface area contributed by atoms with Crippen LogP contribution in [0.25, 0.3) is 0 Å². The number of sulfonamides is 1. The van der Waals surface area contributed by atoms with E-state index >= 15 is 0 Å². The van der Waals surface area contributed by atoms with Crippen molar-refractivity contribution in [3.05, 3.63) is 71.5 Å². The number of amides is 1. The molecule has 1 N–H and O–H groups in total. The molecule has 2 aromatic rings. The van der Waals surface area contributed by atoms with Gasteiger partial charge in [0.1, 0.15) is 5.82 Å². The minimum absolute atomic E-state index is 0.0159. The van der Waals surface area contributed by atoms with Crippen LogP contribution < -0.4 is 4.72 Å². The van der Waals surface area contributed by atoms with Crippen molar-refractivity contribution in [3.8, 4) is 0 Å². The zero-order chi connectivity index (χ0) is 20.9. The lowest BCUT2D eigenvalue weighted by Crippen LogP contribution is -2.41. The molecule has 3 rings (SSSR count). The zero-order valence-corrected chi connectivity index (χ0v) is 17.4. The van der Waals surface area contributed by atoms with Crippen molar-refractivity contribution in [1.82, 2.24) is 9.62 Å². The van der Waals surface area contributed by atoms with Crippen molar-refractivity contribution in [1.29, 1.82) is 0 Å². The third-order valence-corrected chi connectivity index (χ3v) is 6.05. The van der Waals surface area contributed by atoms with E-state index in [9.17, 15) is 17.6 Å². The van der Waals surface area contributed by atoms with E-state index in [0.29, 0.717) is 24.6 Å². The number of likely N-dealkylation sites (tertiary alicyclic amines) is 1. The second-order valence-corrected chi connectivity index (χ2v) is 9.49. The summed E-state index contributed by atoms with van der Waals surface area (Å²) in [6, 6.07) is 15.2. The van der Waals surface area contributed by atoms with Crippen molar-refractivity contribution < 1.29 is 17.6 Å². The molecule has 156 valence electrons. The summed E-state index contributed by atoms with van der Waals surface area (Å²) < 4.78 is 39.2. The predicted octanol–water partition coefficient (Wildman–Crippen LogP) is 3.29. The SMILES string of the molecule is CS(=O)(=O)N[C@@H](CC(=O)N1CCC(Cc2ccccc2)CC1)c1ccc(F)cc1. The average Bonchev–Trinajstić information content (AvgIpc) is 2.68. The molecule has 1 aliphatic heterocycles. The number of hydrogen-bond donors (Lipinski definition) is 1. The van der Waals surface area contributed by atoms with Crippen molar-refractivity contribution in [2.75, 3.05) is 19.3 Å².